The number of benzene rings is 1. The molecule has 0 saturated heterocycles. The van der Waals surface area contributed by atoms with Crippen LogP contribution in [0.3, 0.4) is 0 Å². The number of Topliss-reactive ketones (excluding diaryl/α,β-unsaturated/α-hetero) is 1. The van der Waals surface area contributed by atoms with Gasteiger partial charge in [0.25, 0.3) is 10.1 Å². The molecule has 136 valence electrons. The highest BCUT2D eigenvalue weighted by atomic mass is 32.2. The molecule has 0 fully saturated rings. The van der Waals surface area contributed by atoms with E-state index in [-0.39, 0.29) is 18.1 Å². The van der Waals surface area contributed by atoms with Crippen LogP contribution < -0.4 is 0 Å². The Balaban J connectivity index is 1.78. The van der Waals surface area contributed by atoms with Gasteiger partial charge in [0, 0.05) is 23.9 Å². The van der Waals surface area contributed by atoms with Crippen LogP contribution in [0.2, 0.25) is 0 Å². The van der Waals surface area contributed by atoms with Crippen LogP contribution >= 0.6 is 0 Å². The summed E-state index contributed by atoms with van der Waals surface area (Å²) in [6.07, 6.45) is 4.80. The first-order valence-corrected chi connectivity index (χ1v) is 10.6. The smallest absolute Gasteiger partial charge is 0.267 e. The highest BCUT2D eigenvalue weighted by Crippen LogP contribution is 2.32. The zero-order valence-electron chi connectivity index (χ0n) is 14.7. The van der Waals surface area contributed by atoms with E-state index in [0.717, 1.165) is 47.8 Å². The second kappa shape index (κ2) is 7.70. The number of carbonyl (C=O) groups excluding carboxylic acids is 1. The Morgan fingerprint density at radius 2 is 1.96 bits per heavy atom. The Morgan fingerprint density at radius 3 is 2.76 bits per heavy atom. The van der Waals surface area contributed by atoms with E-state index in [9.17, 15) is 13.2 Å². The molecule has 0 bridgehead atoms. The van der Waals surface area contributed by atoms with Gasteiger partial charge in [-0.2, -0.15) is 8.42 Å². The Bertz CT molecular complexity index is 867. The molecule has 3 rings (SSSR count). The molecular weight excluding hydrogens is 338 g/mol. The topological polar surface area (TPSA) is 65.4 Å². The molecular formula is C19H25NO4S. The highest BCUT2D eigenvalue weighted by molar-refractivity contribution is 7.86. The summed E-state index contributed by atoms with van der Waals surface area (Å²) < 4.78 is 31.0. The fraction of sp³-hybridized carbons (Fsp3) is 0.526. The van der Waals surface area contributed by atoms with Crippen molar-refractivity contribution >= 4 is 26.8 Å². The molecule has 1 heterocycles. The molecule has 2 aromatic rings. The molecule has 1 aliphatic rings. The minimum absolute atomic E-state index is 0.0598. The first-order chi connectivity index (χ1) is 12.0. The standard InChI is InChI=1S/C19H25NO4S/c1-2-3-6-14-25(22,23)24-13-12-20-17-10-5-4-8-15(17)16-9-7-11-18(21)19(16)20/h4-5,8,10H,2-3,6-7,9,11-14H2,1H3. The number of aromatic nitrogens is 1. The number of nitrogens with zero attached hydrogens (tertiary/aromatic N) is 1. The van der Waals surface area contributed by atoms with Crippen LogP contribution in [0.25, 0.3) is 10.9 Å². The van der Waals surface area contributed by atoms with Crippen LogP contribution in [-0.4, -0.2) is 31.1 Å². The summed E-state index contributed by atoms with van der Waals surface area (Å²) in [6, 6.07) is 7.93. The van der Waals surface area contributed by atoms with Crippen molar-refractivity contribution in [1.82, 2.24) is 4.57 Å². The second-order valence-corrected chi connectivity index (χ2v) is 8.32. The van der Waals surface area contributed by atoms with E-state index in [0.29, 0.717) is 19.4 Å². The van der Waals surface area contributed by atoms with Crippen molar-refractivity contribution in [2.75, 3.05) is 12.4 Å². The fourth-order valence-corrected chi connectivity index (χ4v) is 4.57. The molecule has 0 saturated carbocycles. The minimum atomic E-state index is -3.49. The van der Waals surface area contributed by atoms with E-state index in [4.69, 9.17) is 4.18 Å². The number of unbranched alkanes of at least 4 members (excludes halogenated alkanes) is 2. The summed E-state index contributed by atoms with van der Waals surface area (Å²) >= 11 is 0. The summed E-state index contributed by atoms with van der Waals surface area (Å²) in [5, 5.41) is 1.09. The van der Waals surface area contributed by atoms with Crippen LogP contribution in [0.1, 0.15) is 55.1 Å². The molecule has 5 nitrogen and oxygen atoms in total. The summed E-state index contributed by atoms with van der Waals surface area (Å²) in [6.45, 7) is 2.46. The summed E-state index contributed by atoms with van der Waals surface area (Å²) in [7, 11) is -3.49. The SMILES string of the molecule is CCCCCS(=O)(=O)OCCn1c2c(c3ccccc31)CCCC2=O. The van der Waals surface area contributed by atoms with Crippen molar-refractivity contribution in [2.45, 2.75) is 52.0 Å². The third kappa shape index (κ3) is 3.96. The lowest BCUT2D eigenvalue weighted by molar-refractivity contribution is 0.0963. The highest BCUT2D eigenvalue weighted by Gasteiger charge is 2.25. The molecule has 0 atom stereocenters. The second-order valence-electron chi connectivity index (χ2n) is 6.56. The largest absolute Gasteiger partial charge is 0.335 e. The number of fused-ring (bicyclic) bond motifs is 3. The molecule has 0 unspecified atom stereocenters. The Morgan fingerprint density at radius 1 is 1.16 bits per heavy atom. The van der Waals surface area contributed by atoms with Gasteiger partial charge in [-0.15, -0.1) is 0 Å². The van der Waals surface area contributed by atoms with E-state index in [1.807, 2.05) is 35.8 Å². The number of carbonyl (C=O) groups is 1. The fourth-order valence-electron chi connectivity index (χ4n) is 3.57. The zero-order chi connectivity index (χ0) is 17.9. The van der Waals surface area contributed by atoms with Gasteiger partial charge in [0.15, 0.2) is 5.78 Å². The number of hydrogen-bond acceptors (Lipinski definition) is 4. The summed E-state index contributed by atoms with van der Waals surface area (Å²) in [5.74, 6) is 0.202. The molecule has 0 N–H and O–H groups in total. The first kappa shape index (κ1) is 18.1. The lowest BCUT2D eigenvalue weighted by Crippen LogP contribution is -2.19. The molecule has 1 aromatic carbocycles. The zero-order valence-corrected chi connectivity index (χ0v) is 15.5. The van der Waals surface area contributed by atoms with Crippen molar-refractivity contribution < 1.29 is 17.4 Å². The normalized spacial score (nSPS) is 14.8. The molecule has 0 radical (unpaired) electrons. The van der Waals surface area contributed by atoms with Gasteiger partial charge < -0.3 is 4.57 Å². The molecule has 6 heteroatoms. The predicted octanol–water partition coefficient (Wildman–Crippen LogP) is 3.70. The Hall–Kier alpha value is -1.66. The number of rotatable bonds is 8. The average molecular weight is 363 g/mol. The van der Waals surface area contributed by atoms with Gasteiger partial charge >= 0.3 is 0 Å². The lowest BCUT2D eigenvalue weighted by Gasteiger charge is -2.15. The molecule has 1 aliphatic carbocycles. The van der Waals surface area contributed by atoms with Gasteiger partial charge in [-0.05, 0) is 30.9 Å². The molecule has 0 amide bonds. The van der Waals surface area contributed by atoms with E-state index >= 15 is 0 Å². The quantitative estimate of drug-likeness (QED) is 0.530. The van der Waals surface area contributed by atoms with Crippen molar-refractivity contribution in [3.63, 3.8) is 0 Å². The molecule has 0 aliphatic heterocycles. The van der Waals surface area contributed by atoms with Crippen molar-refractivity contribution in [2.24, 2.45) is 0 Å². The van der Waals surface area contributed by atoms with E-state index < -0.39 is 10.1 Å². The molecule has 1 aromatic heterocycles. The number of para-hydroxylation sites is 1. The molecule has 0 spiro atoms. The Kier molecular flexibility index (Phi) is 5.59. The van der Waals surface area contributed by atoms with Crippen molar-refractivity contribution in [1.29, 1.82) is 0 Å². The number of ketones is 1. The van der Waals surface area contributed by atoms with E-state index in [1.54, 1.807) is 0 Å². The first-order valence-electron chi connectivity index (χ1n) is 9.04. The average Bonchev–Trinajstić information content (AvgIpc) is 2.91. The maximum absolute atomic E-state index is 12.4. The minimum Gasteiger partial charge on any atom is -0.335 e. The maximum Gasteiger partial charge on any atom is 0.267 e. The van der Waals surface area contributed by atoms with Crippen LogP contribution in [0.15, 0.2) is 24.3 Å². The van der Waals surface area contributed by atoms with Gasteiger partial charge in [-0.3, -0.25) is 8.98 Å². The van der Waals surface area contributed by atoms with Gasteiger partial charge in [0.2, 0.25) is 0 Å². The van der Waals surface area contributed by atoms with E-state index in [1.165, 1.54) is 0 Å². The van der Waals surface area contributed by atoms with Crippen LogP contribution in [0, 0.1) is 0 Å². The van der Waals surface area contributed by atoms with Crippen LogP contribution in [0.5, 0.6) is 0 Å². The summed E-state index contributed by atoms with van der Waals surface area (Å²) in [4.78, 5) is 12.4. The van der Waals surface area contributed by atoms with Gasteiger partial charge in [-0.1, -0.05) is 38.0 Å². The van der Waals surface area contributed by atoms with Gasteiger partial charge in [0.1, 0.15) is 0 Å². The number of aryl methyl sites for hydroxylation is 1. The van der Waals surface area contributed by atoms with Crippen molar-refractivity contribution in [3.05, 3.63) is 35.5 Å². The third-order valence-corrected chi connectivity index (χ3v) is 6.06. The molecule has 25 heavy (non-hydrogen) atoms. The van der Waals surface area contributed by atoms with Gasteiger partial charge in [-0.25, -0.2) is 0 Å². The third-order valence-electron chi connectivity index (χ3n) is 4.75. The number of hydrogen-bond donors (Lipinski definition) is 0. The van der Waals surface area contributed by atoms with Gasteiger partial charge in [0.05, 0.1) is 18.1 Å². The van der Waals surface area contributed by atoms with E-state index in [2.05, 4.69) is 0 Å². The lowest BCUT2D eigenvalue weighted by atomic mass is 9.94. The Labute approximate surface area is 149 Å². The summed E-state index contributed by atoms with van der Waals surface area (Å²) in [5.41, 5.74) is 2.81. The van der Waals surface area contributed by atoms with Crippen molar-refractivity contribution in [3.8, 4) is 0 Å². The monoisotopic (exact) mass is 363 g/mol. The maximum atomic E-state index is 12.4. The van der Waals surface area contributed by atoms with Crippen LogP contribution in [-0.2, 0) is 27.3 Å². The van der Waals surface area contributed by atoms with Crippen LogP contribution in [0.4, 0.5) is 0 Å². The predicted molar refractivity (Wildman–Crippen MR) is 98.5 cm³/mol.